The largest absolute Gasteiger partial charge is 0.308 e. The topological polar surface area (TPSA) is 48.6 Å². The summed E-state index contributed by atoms with van der Waals surface area (Å²) in [5.74, 6) is 0.320. The van der Waals surface area contributed by atoms with Crippen LogP contribution in [0.2, 0.25) is 0 Å². The van der Waals surface area contributed by atoms with Crippen LogP contribution in [-0.4, -0.2) is 18.6 Å². The van der Waals surface area contributed by atoms with Gasteiger partial charge in [-0.25, -0.2) is 0 Å². The Morgan fingerprint density at radius 1 is 1.69 bits per heavy atom. The number of rotatable bonds is 3. The maximum atomic E-state index is 6.85. The summed E-state index contributed by atoms with van der Waals surface area (Å²) in [4.78, 5) is 8.54. The molecule has 1 heterocycles. The average molecular weight is 193 g/mol. The molecule has 0 aromatic heterocycles. The minimum atomic E-state index is 0.320. The number of allylic oxidation sites excluding steroid dienone is 2. The molecule has 1 rings (SSSR count). The third-order valence-corrected chi connectivity index (χ3v) is 1.78. The van der Waals surface area contributed by atoms with Gasteiger partial charge < -0.3 is 5.41 Å². The molecular formula is C9H11N3S. The molecule has 4 heteroatoms. The lowest BCUT2D eigenvalue weighted by molar-refractivity contribution is 0.926. The summed E-state index contributed by atoms with van der Waals surface area (Å²) in [6.45, 7) is 0. The molecule has 0 fully saturated rings. The van der Waals surface area contributed by atoms with Gasteiger partial charge >= 0.3 is 0 Å². The van der Waals surface area contributed by atoms with E-state index in [1.807, 2.05) is 18.5 Å². The molecule has 1 atom stereocenters. The van der Waals surface area contributed by atoms with Gasteiger partial charge in [-0.2, -0.15) is 0 Å². The molecule has 0 radical (unpaired) electrons. The number of nitrogens with one attached hydrogen (secondary N) is 1. The van der Waals surface area contributed by atoms with E-state index < -0.39 is 0 Å². The molecule has 0 aromatic rings. The first-order valence-electron chi connectivity index (χ1n) is 3.94. The van der Waals surface area contributed by atoms with Crippen LogP contribution in [0.25, 0.3) is 0 Å². The molecule has 0 spiro atoms. The van der Waals surface area contributed by atoms with Gasteiger partial charge in [0.25, 0.3) is 0 Å². The Labute approximate surface area is 82.9 Å². The minimum absolute atomic E-state index is 0.320. The number of aliphatic imine (C=N–C) groups is 2. The van der Waals surface area contributed by atoms with E-state index in [4.69, 9.17) is 5.41 Å². The van der Waals surface area contributed by atoms with Crippen molar-refractivity contribution < 1.29 is 0 Å². The quantitative estimate of drug-likeness (QED) is 0.509. The first-order chi connectivity index (χ1) is 6.33. The first-order valence-corrected chi connectivity index (χ1v) is 4.39. The lowest BCUT2D eigenvalue weighted by atomic mass is 10.1. The van der Waals surface area contributed by atoms with E-state index in [1.165, 1.54) is 0 Å². The summed E-state index contributed by atoms with van der Waals surface area (Å²) in [7, 11) is 0. The highest BCUT2D eigenvalue weighted by molar-refractivity contribution is 7.85. The van der Waals surface area contributed by atoms with Gasteiger partial charge in [0.05, 0.1) is 0 Å². The van der Waals surface area contributed by atoms with Crippen molar-refractivity contribution in [1.82, 2.24) is 0 Å². The van der Waals surface area contributed by atoms with Crippen LogP contribution in [0.15, 0.2) is 33.4 Å². The molecule has 0 aliphatic carbocycles. The van der Waals surface area contributed by atoms with Crippen LogP contribution in [-0.2, 0) is 0 Å². The summed E-state index contributed by atoms with van der Waals surface area (Å²) in [5, 5.41) is 6.85. The number of hydrogen-bond acceptors (Lipinski definition) is 4. The maximum Gasteiger partial charge on any atom is 0.0413 e. The second-order valence-electron chi connectivity index (χ2n) is 2.57. The van der Waals surface area contributed by atoms with Crippen molar-refractivity contribution in [2.45, 2.75) is 6.42 Å². The van der Waals surface area contributed by atoms with E-state index in [1.54, 1.807) is 12.4 Å². The molecule has 68 valence electrons. The van der Waals surface area contributed by atoms with Gasteiger partial charge in [0, 0.05) is 41.9 Å². The molecule has 0 saturated heterocycles. The highest BCUT2D eigenvalue weighted by atomic mass is 32.1. The van der Waals surface area contributed by atoms with Crippen LogP contribution in [0.4, 0.5) is 0 Å². The van der Waals surface area contributed by atoms with Crippen LogP contribution in [0.1, 0.15) is 6.42 Å². The molecule has 1 aliphatic rings. The minimum Gasteiger partial charge on any atom is -0.308 e. The van der Waals surface area contributed by atoms with Crippen LogP contribution in [0, 0.1) is 11.3 Å². The third-order valence-electron chi connectivity index (χ3n) is 1.53. The number of thiol groups is 1. The maximum absolute atomic E-state index is 6.85. The van der Waals surface area contributed by atoms with E-state index in [0.29, 0.717) is 10.8 Å². The summed E-state index contributed by atoms with van der Waals surface area (Å²) in [6.07, 6.45) is 11.0. The summed E-state index contributed by atoms with van der Waals surface area (Å²) < 4.78 is 0. The van der Waals surface area contributed by atoms with E-state index in [2.05, 4.69) is 22.6 Å². The lowest BCUT2D eigenvalue weighted by Gasteiger charge is -2.03. The molecule has 1 unspecified atom stereocenters. The highest BCUT2D eigenvalue weighted by Gasteiger charge is 2.00. The van der Waals surface area contributed by atoms with E-state index in [0.717, 1.165) is 12.6 Å². The molecule has 0 amide bonds. The summed E-state index contributed by atoms with van der Waals surface area (Å²) in [5.41, 5.74) is 0. The summed E-state index contributed by atoms with van der Waals surface area (Å²) in [6, 6.07) is 0. The Balaban J connectivity index is 2.44. The molecule has 1 aliphatic heterocycles. The molecule has 0 aromatic carbocycles. The van der Waals surface area contributed by atoms with Crippen LogP contribution in [0.3, 0.4) is 0 Å². The Bertz CT molecular complexity index is 289. The van der Waals surface area contributed by atoms with Crippen molar-refractivity contribution >= 4 is 31.3 Å². The lowest BCUT2D eigenvalue weighted by Crippen LogP contribution is -2.00. The van der Waals surface area contributed by atoms with E-state index in [9.17, 15) is 0 Å². The van der Waals surface area contributed by atoms with Gasteiger partial charge in [0.2, 0.25) is 0 Å². The average Bonchev–Trinajstić information content (AvgIpc) is 2.19. The van der Waals surface area contributed by atoms with Crippen LogP contribution in [0.5, 0.6) is 0 Å². The molecule has 0 saturated carbocycles. The molecule has 13 heavy (non-hydrogen) atoms. The normalized spacial score (nSPS) is 22.5. The van der Waals surface area contributed by atoms with Gasteiger partial charge in [0.15, 0.2) is 0 Å². The molecule has 1 N–H and O–H groups in total. The van der Waals surface area contributed by atoms with Crippen LogP contribution >= 0.6 is 12.6 Å². The second-order valence-corrected chi connectivity index (χ2v) is 3.09. The van der Waals surface area contributed by atoms with Gasteiger partial charge in [-0.3, -0.25) is 9.98 Å². The summed E-state index contributed by atoms with van der Waals surface area (Å²) >= 11 is 3.99. The number of hydrogen-bond donors (Lipinski definition) is 2. The van der Waals surface area contributed by atoms with Gasteiger partial charge in [0.1, 0.15) is 0 Å². The van der Waals surface area contributed by atoms with Crippen molar-refractivity contribution in [3.63, 3.8) is 0 Å². The van der Waals surface area contributed by atoms with Crippen molar-refractivity contribution in [3.8, 4) is 0 Å². The molecular weight excluding hydrogens is 182 g/mol. The Morgan fingerprint density at radius 2 is 2.54 bits per heavy atom. The van der Waals surface area contributed by atoms with Crippen LogP contribution < -0.4 is 0 Å². The smallest absolute Gasteiger partial charge is 0.0413 e. The molecule has 0 bridgehead atoms. The highest BCUT2D eigenvalue weighted by Crippen LogP contribution is 2.05. The molecule has 3 nitrogen and oxygen atoms in total. The van der Waals surface area contributed by atoms with Crippen molar-refractivity contribution in [2.75, 3.05) is 0 Å². The number of nitrogens with zero attached hydrogens (tertiary/aromatic N) is 2. The van der Waals surface area contributed by atoms with E-state index >= 15 is 0 Å². The fourth-order valence-electron chi connectivity index (χ4n) is 0.860. The monoisotopic (exact) mass is 193 g/mol. The zero-order valence-corrected chi connectivity index (χ0v) is 7.98. The Hall–Kier alpha value is -1.16. The van der Waals surface area contributed by atoms with Crippen molar-refractivity contribution in [2.24, 2.45) is 15.9 Å². The fraction of sp³-hybridized carbons (Fsp3) is 0.222. The second kappa shape index (κ2) is 5.48. The van der Waals surface area contributed by atoms with Crippen molar-refractivity contribution in [3.05, 3.63) is 23.4 Å². The third kappa shape index (κ3) is 3.85. The van der Waals surface area contributed by atoms with E-state index in [-0.39, 0.29) is 0 Å². The zero-order chi connectivity index (χ0) is 9.52. The predicted octanol–water partition coefficient (Wildman–Crippen LogP) is 2.08. The van der Waals surface area contributed by atoms with Crippen molar-refractivity contribution in [1.29, 1.82) is 5.41 Å². The predicted molar refractivity (Wildman–Crippen MR) is 60.1 cm³/mol. The first kappa shape index (κ1) is 9.92. The van der Waals surface area contributed by atoms with Gasteiger partial charge in [-0.15, -0.1) is 12.6 Å². The Kier molecular flexibility index (Phi) is 4.18. The SMILES string of the molecule is N=C/C(S)=C\N=C\C1C=CN=CC1. The zero-order valence-electron chi connectivity index (χ0n) is 7.09. The Morgan fingerprint density at radius 3 is 3.15 bits per heavy atom. The standard InChI is InChI=1S/C9H11N3S/c10-5-9(13)7-12-6-8-1-3-11-4-2-8/h1,3-8,10,13H,2H2/b9-7+,10-5?,12-6+. The fourth-order valence-corrected chi connectivity index (χ4v) is 0.927. The van der Waals surface area contributed by atoms with Gasteiger partial charge in [-0.05, 0) is 6.42 Å². The van der Waals surface area contributed by atoms with Gasteiger partial charge in [-0.1, -0.05) is 6.08 Å².